The van der Waals surface area contributed by atoms with Crippen molar-refractivity contribution in [1.29, 1.82) is 0 Å². The minimum absolute atomic E-state index is 1.05. The molecule has 1 heteroatoms. The molecule has 0 amide bonds. The van der Waals surface area contributed by atoms with Gasteiger partial charge in [-0.3, -0.25) is 0 Å². The van der Waals surface area contributed by atoms with E-state index in [9.17, 15) is 0 Å². The van der Waals surface area contributed by atoms with Gasteiger partial charge in [0.1, 0.15) is 0 Å². The standard InChI is InChI=1S/C27H23I/c1-2-3-4-22-18-25-12-9-21(17-26(25)19-22)6-5-20-7-10-23(11-8-20)24-13-15-27(28)16-14-24/h7-17,19H,2-4,18H2,1H3. The van der Waals surface area contributed by atoms with Crippen LogP contribution in [0.25, 0.3) is 17.2 Å². The van der Waals surface area contributed by atoms with Gasteiger partial charge in [0.25, 0.3) is 0 Å². The van der Waals surface area contributed by atoms with Gasteiger partial charge in [-0.1, -0.05) is 67.2 Å². The van der Waals surface area contributed by atoms with Crippen LogP contribution in [0.15, 0.2) is 72.3 Å². The molecule has 4 rings (SSSR count). The molecular weight excluding hydrogens is 451 g/mol. The Morgan fingerprint density at radius 3 is 2.18 bits per heavy atom. The Labute approximate surface area is 181 Å². The molecule has 0 saturated carbocycles. The molecule has 0 fully saturated rings. The molecule has 0 aliphatic heterocycles. The molecule has 0 spiro atoms. The maximum Gasteiger partial charge on any atom is 0.0255 e. The number of fused-ring (bicyclic) bond motifs is 1. The van der Waals surface area contributed by atoms with Crippen molar-refractivity contribution < 1.29 is 0 Å². The summed E-state index contributed by atoms with van der Waals surface area (Å²) in [6.07, 6.45) is 7.24. The Morgan fingerprint density at radius 1 is 0.821 bits per heavy atom. The molecule has 0 aromatic heterocycles. The van der Waals surface area contributed by atoms with Crippen LogP contribution < -0.4 is 0 Å². The molecule has 1 aliphatic rings. The lowest BCUT2D eigenvalue weighted by Crippen LogP contribution is -1.86. The van der Waals surface area contributed by atoms with Crippen LogP contribution in [-0.4, -0.2) is 0 Å². The summed E-state index contributed by atoms with van der Waals surface area (Å²) in [4.78, 5) is 0. The maximum atomic E-state index is 3.34. The van der Waals surface area contributed by atoms with Crippen LogP contribution in [0.1, 0.15) is 48.4 Å². The number of halogens is 1. The zero-order valence-electron chi connectivity index (χ0n) is 16.1. The third-order valence-corrected chi connectivity index (χ3v) is 5.91. The quantitative estimate of drug-likeness (QED) is 0.272. The van der Waals surface area contributed by atoms with E-state index in [1.807, 2.05) is 0 Å². The van der Waals surface area contributed by atoms with Gasteiger partial charge in [0.2, 0.25) is 0 Å². The monoisotopic (exact) mass is 474 g/mol. The molecule has 1 aliphatic carbocycles. The Kier molecular flexibility index (Phi) is 5.98. The summed E-state index contributed by atoms with van der Waals surface area (Å²) in [5.41, 5.74) is 8.97. The molecule has 0 nitrogen and oxygen atoms in total. The van der Waals surface area contributed by atoms with Gasteiger partial charge in [-0.05, 0) is 101 Å². The summed E-state index contributed by atoms with van der Waals surface area (Å²) in [7, 11) is 0. The molecule has 0 unspecified atom stereocenters. The fourth-order valence-electron chi connectivity index (χ4n) is 3.58. The van der Waals surface area contributed by atoms with E-state index in [2.05, 4.69) is 114 Å². The summed E-state index contributed by atoms with van der Waals surface area (Å²) >= 11 is 2.33. The number of unbranched alkanes of at least 4 members (excludes halogenated alkanes) is 1. The lowest BCUT2D eigenvalue weighted by atomic mass is 10.0. The first-order valence-corrected chi connectivity index (χ1v) is 11.0. The van der Waals surface area contributed by atoms with Crippen molar-refractivity contribution >= 4 is 28.7 Å². The Balaban J connectivity index is 1.49. The van der Waals surface area contributed by atoms with Crippen molar-refractivity contribution in [1.82, 2.24) is 0 Å². The van der Waals surface area contributed by atoms with Crippen LogP contribution in [0.4, 0.5) is 0 Å². The topological polar surface area (TPSA) is 0 Å². The van der Waals surface area contributed by atoms with E-state index < -0.39 is 0 Å². The van der Waals surface area contributed by atoms with Crippen molar-refractivity contribution in [2.24, 2.45) is 0 Å². The number of allylic oxidation sites excluding steroid dienone is 1. The molecule has 138 valence electrons. The third-order valence-electron chi connectivity index (χ3n) is 5.19. The lowest BCUT2D eigenvalue weighted by Gasteiger charge is -2.02. The van der Waals surface area contributed by atoms with Gasteiger partial charge in [-0.25, -0.2) is 0 Å². The van der Waals surface area contributed by atoms with Crippen molar-refractivity contribution in [2.75, 3.05) is 0 Å². The average Bonchev–Trinajstić information content (AvgIpc) is 3.14. The van der Waals surface area contributed by atoms with Crippen molar-refractivity contribution in [3.63, 3.8) is 0 Å². The number of benzene rings is 3. The van der Waals surface area contributed by atoms with E-state index in [4.69, 9.17) is 0 Å². The van der Waals surface area contributed by atoms with Crippen molar-refractivity contribution in [2.45, 2.75) is 32.6 Å². The molecule has 0 saturated heterocycles. The van der Waals surface area contributed by atoms with Crippen LogP contribution in [0.3, 0.4) is 0 Å². The Morgan fingerprint density at radius 2 is 1.46 bits per heavy atom. The first-order chi connectivity index (χ1) is 13.7. The molecule has 28 heavy (non-hydrogen) atoms. The average molecular weight is 474 g/mol. The molecular formula is C27H23I. The van der Waals surface area contributed by atoms with Gasteiger partial charge >= 0.3 is 0 Å². The first-order valence-electron chi connectivity index (χ1n) is 9.91. The second-order valence-electron chi connectivity index (χ2n) is 7.33. The zero-order valence-corrected chi connectivity index (χ0v) is 18.3. The molecule has 0 radical (unpaired) electrons. The van der Waals surface area contributed by atoms with E-state index in [1.54, 1.807) is 5.57 Å². The fraction of sp³-hybridized carbons (Fsp3) is 0.185. The molecule has 3 aromatic rings. The molecule has 0 heterocycles. The van der Waals surface area contributed by atoms with Gasteiger partial charge in [0.05, 0.1) is 0 Å². The van der Waals surface area contributed by atoms with Gasteiger partial charge in [0.15, 0.2) is 0 Å². The molecule has 0 atom stereocenters. The summed E-state index contributed by atoms with van der Waals surface area (Å²) in [6, 6.07) is 23.8. The number of hydrogen-bond acceptors (Lipinski definition) is 0. The van der Waals surface area contributed by atoms with Crippen molar-refractivity contribution in [3.05, 3.63) is 98.1 Å². The molecule has 0 bridgehead atoms. The normalized spacial score (nSPS) is 12.1. The summed E-state index contributed by atoms with van der Waals surface area (Å²) in [5, 5.41) is 0. The summed E-state index contributed by atoms with van der Waals surface area (Å²) < 4.78 is 1.26. The summed E-state index contributed by atoms with van der Waals surface area (Å²) in [6.45, 7) is 2.25. The third kappa shape index (κ3) is 4.56. The highest BCUT2D eigenvalue weighted by Gasteiger charge is 2.12. The van der Waals surface area contributed by atoms with E-state index in [0.717, 1.165) is 17.5 Å². The highest BCUT2D eigenvalue weighted by molar-refractivity contribution is 14.1. The molecule has 0 N–H and O–H groups in total. The second kappa shape index (κ2) is 8.80. The van der Waals surface area contributed by atoms with Gasteiger partial charge in [-0.2, -0.15) is 0 Å². The van der Waals surface area contributed by atoms with Crippen LogP contribution in [0.5, 0.6) is 0 Å². The minimum atomic E-state index is 1.05. The largest absolute Gasteiger partial charge is 0.0654 e. The predicted molar refractivity (Wildman–Crippen MR) is 128 cm³/mol. The Bertz CT molecular complexity index is 1060. The van der Waals surface area contributed by atoms with E-state index >= 15 is 0 Å². The maximum absolute atomic E-state index is 3.34. The van der Waals surface area contributed by atoms with Gasteiger partial charge in [0, 0.05) is 14.7 Å². The van der Waals surface area contributed by atoms with Crippen LogP contribution in [0, 0.1) is 15.4 Å². The number of hydrogen-bond donors (Lipinski definition) is 0. The van der Waals surface area contributed by atoms with Gasteiger partial charge < -0.3 is 0 Å². The molecule has 3 aromatic carbocycles. The highest BCUT2D eigenvalue weighted by atomic mass is 127. The van der Waals surface area contributed by atoms with E-state index in [0.29, 0.717) is 0 Å². The predicted octanol–water partition coefficient (Wildman–Crippen LogP) is 7.49. The van der Waals surface area contributed by atoms with Crippen LogP contribution in [-0.2, 0) is 6.42 Å². The minimum Gasteiger partial charge on any atom is -0.0654 e. The SMILES string of the molecule is CCCCC1=Cc2cc(C#Cc3ccc(-c4ccc(I)cc4)cc3)ccc2C1. The summed E-state index contributed by atoms with van der Waals surface area (Å²) in [5.74, 6) is 6.65. The number of rotatable bonds is 4. The van der Waals surface area contributed by atoms with Crippen LogP contribution in [0.2, 0.25) is 0 Å². The Hall–Kier alpha value is -2.31. The van der Waals surface area contributed by atoms with Crippen molar-refractivity contribution in [3.8, 4) is 23.0 Å². The second-order valence-corrected chi connectivity index (χ2v) is 8.58. The highest BCUT2D eigenvalue weighted by Crippen LogP contribution is 2.28. The van der Waals surface area contributed by atoms with E-state index in [1.165, 1.54) is 45.1 Å². The smallest absolute Gasteiger partial charge is 0.0255 e. The first kappa shape index (κ1) is 19.0. The van der Waals surface area contributed by atoms with Gasteiger partial charge in [-0.15, -0.1) is 0 Å². The van der Waals surface area contributed by atoms with E-state index in [-0.39, 0.29) is 0 Å². The fourth-order valence-corrected chi connectivity index (χ4v) is 3.94. The zero-order chi connectivity index (χ0) is 19.3. The lowest BCUT2D eigenvalue weighted by molar-refractivity contribution is 0.779. The van der Waals surface area contributed by atoms with Crippen LogP contribution >= 0.6 is 22.6 Å².